The molecule has 1 aromatic carbocycles. The van der Waals surface area contributed by atoms with Crippen LogP contribution in [0.2, 0.25) is 0 Å². The number of carbonyl (C=O) groups is 1. The van der Waals surface area contributed by atoms with Gasteiger partial charge < -0.3 is 10.5 Å². The summed E-state index contributed by atoms with van der Waals surface area (Å²) < 4.78 is 4.74. The molecule has 0 bridgehead atoms. The van der Waals surface area contributed by atoms with E-state index in [4.69, 9.17) is 10.5 Å². The van der Waals surface area contributed by atoms with Gasteiger partial charge in [0, 0.05) is 6.04 Å². The monoisotopic (exact) mass is 257 g/mol. The summed E-state index contributed by atoms with van der Waals surface area (Å²) in [5.74, 6) is -0.317. The van der Waals surface area contributed by atoms with Gasteiger partial charge in [0.15, 0.2) is 0 Å². The number of carbonyl (C=O) groups excluding carboxylic acids is 1. The molecule has 0 heterocycles. The van der Waals surface area contributed by atoms with Crippen molar-refractivity contribution in [1.82, 2.24) is 0 Å². The first-order valence-electron chi connectivity index (χ1n) is 5.63. The maximum absolute atomic E-state index is 11.5. The first-order valence-corrected chi connectivity index (χ1v) is 5.63. The minimum absolute atomic E-state index is 0. The van der Waals surface area contributed by atoms with Crippen LogP contribution in [0.15, 0.2) is 24.3 Å². The van der Waals surface area contributed by atoms with Crippen molar-refractivity contribution in [2.45, 2.75) is 32.2 Å². The smallest absolute Gasteiger partial charge is 0.338 e. The second-order valence-electron chi connectivity index (χ2n) is 3.83. The van der Waals surface area contributed by atoms with Crippen LogP contribution in [0.1, 0.15) is 48.1 Å². The Hall–Kier alpha value is -1.06. The molecule has 0 aromatic heterocycles. The summed E-state index contributed by atoms with van der Waals surface area (Å²) in [6.45, 7) is 2.12. The molecule has 0 aliphatic carbocycles. The van der Waals surface area contributed by atoms with Crippen molar-refractivity contribution in [3.05, 3.63) is 35.4 Å². The topological polar surface area (TPSA) is 52.3 Å². The third-order valence-corrected chi connectivity index (χ3v) is 2.63. The normalized spacial score (nSPS) is 11.5. The zero-order chi connectivity index (χ0) is 12.0. The molecule has 0 aliphatic rings. The fourth-order valence-electron chi connectivity index (χ4n) is 1.70. The summed E-state index contributed by atoms with van der Waals surface area (Å²) in [5, 5.41) is 0. The lowest BCUT2D eigenvalue weighted by atomic mass is 9.97. The van der Waals surface area contributed by atoms with E-state index in [-0.39, 0.29) is 24.4 Å². The van der Waals surface area contributed by atoms with Crippen LogP contribution in [0.3, 0.4) is 0 Å². The predicted octanol–water partition coefficient (Wildman–Crippen LogP) is 3.09. The maximum Gasteiger partial charge on any atom is 0.338 e. The number of esters is 1. The Balaban J connectivity index is 0.00000256. The number of ether oxygens (including phenoxy) is 1. The molecule has 0 saturated carbocycles. The lowest BCUT2D eigenvalue weighted by Gasteiger charge is -2.14. The van der Waals surface area contributed by atoms with E-state index in [1.165, 1.54) is 7.11 Å². The van der Waals surface area contributed by atoms with Gasteiger partial charge in [-0.2, -0.15) is 0 Å². The molecule has 0 aliphatic heterocycles. The molecule has 1 rings (SSSR count). The summed E-state index contributed by atoms with van der Waals surface area (Å²) in [6, 6.07) is 7.28. The molecular weight excluding hydrogens is 238 g/mol. The van der Waals surface area contributed by atoms with Gasteiger partial charge in [0.05, 0.1) is 12.7 Å². The quantitative estimate of drug-likeness (QED) is 0.825. The molecule has 96 valence electrons. The van der Waals surface area contributed by atoms with Gasteiger partial charge in [0.1, 0.15) is 0 Å². The Morgan fingerprint density at radius 3 is 2.65 bits per heavy atom. The molecule has 4 heteroatoms. The zero-order valence-electron chi connectivity index (χ0n) is 10.3. The van der Waals surface area contributed by atoms with Crippen LogP contribution >= 0.6 is 12.4 Å². The number of methoxy groups -OCH3 is 1. The average molecular weight is 258 g/mol. The van der Waals surface area contributed by atoms with E-state index in [1.54, 1.807) is 6.07 Å². The minimum atomic E-state index is -0.317. The summed E-state index contributed by atoms with van der Waals surface area (Å²) in [7, 11) is 1.39. The summed E-state index contributed by atoms with van der Waals surface area (Å²) in [4.78, 5) is 11.5. The lowest BCUT2D eigenvalue weighted by Crippen LogP contribution is -2.15. The number of hydrogen-bond donors (Lipinski definition) is 1. The van der Waals surface area contributed by atoms with Gasteiger partial charge in [-0.25, -0.2) is 4.79 Å². The van der Waals surface area contributed by atoms with E-state index in [0.717, 1.165) is 24.8 Å². The van der Waals surface area contributed by atoms with E-state index in [1.807, 2.05) is 18.2 Å². The van der Waals surface area contributed by atoms with Crippen LogP contribution in [0.4, 0.5) is 0 Å². The molecule has 0 spiro atoms. The highest BCUT2D eigenvalue weighted by Crippen LogP contribution is 2.21. The highest BCUT2D eigenvalue weighted by atomic mass is 35.5. The van der Waals surface area contributed by atoms with Crippen LogP contribution in [0, 0.1) is 0 Å². The Morgan fingerprint density at radius 1 is 1.41 bits per heavy atom. The maximum atomic E-state index is 11.5. The number of hydrogen-bond acceptors (Lipinski definition) is 3. The molecule has 1 aromatic rings. The van der Waals surface area contributed by atoms with E-state index < -0.39 is 0 Å². The zero-order valence-corrected chi connectivity index (χ0v) is 11.1. The lowest BCUT2D eigenvalue weighted by molar-refractivity contribution is 0.0599. The van der Waals surface area contributed by atoms with E-state index in [9.17, 15) is 4.79 Å². The van der Waals surface area contributed by atoms with Crippen molar-refractivity contribution in [1.29, 1.82) is 0 Å². The third-order valence-electron chi connectivity index (χ3n) is 2.63. The minimum Gasteiger partial charge on any atom is -0.465 e. The third kappa shape index (κ3) is 4.36. The largest absolute Gasteiger partial charge is 0.465 e. The van der Waals surface area contributed by atoms with Crippen LogP contribution in [-0.2, 0) is 4.74 Å². The second-order valence-corrected chi connectivity index (χ2v) is 3.83. The average Bonchev–Trinajstić information content (AvgIpc) is 2.35. The van der Waals surface area contributed by atoms with Crippen molar-refractivity contribution >= 4 is 18.4 Å². The molecule has 2 N–H and O–H groups in total. The summed E-state index contributed by atoms with van der Waals surface area (Å²) in [6.07, 6.45) is 3.06. The number of nitrogens with two attached hydrogens (primary N) is 1. The molecule has 0 radical (unpaired) electrons. The van der Waals surface area contributed by atoms with Gasteiger partial charge in [0.2, 0.25) is 0 Å². The summed E-state index contributed by atoms with van der Waals surface area (Å²) in [5.41, 5.74) is 7.52. The van der Waals surface area contributed by atoms with E-state index in [2.05, 4.69) is 6.92 Å². The Morgan fingerprint density at radius 2 is 2.06 bits per heavy atom. The number of rotatable bonds is 5. The molecule has 0 saturated heterocycles. The molecule has 3 nitrogen and oxygen atoms in total. The van der Waals surface area contributed by atoms with Gasteiger partial charge >= 0.3 is 5.97 Å². The fraction of sp³-hybridized carbons (Fsp3) is 0.462. The SMILES string of the molecule is CCCC[C@@H](N)c1ccccc1C(=O)OC.Cl. The molecule has 17 heavy (non-hydrogen) atoms. The van der Waals surface area contributed by atoms with Gasteiger partial charge in [-0.15, -0.1) is 12.4 Å². The van der Waals surface area contributed by atoms with Gasteiger partial charge in [-0.05, 0) is 18.1 Å². The highest BCUT2D eigenvalue weighted by Gasteiger charge is 2.15. The first kappa shape index (κ1) is 15.9. The summed E-state index contributed by atoms with van der Waals surface area (Å²) >= 11 is 0. The van der Waals surface area contributed by atoms with Crippen LogP contribution in [0.25, 0.3) is 0 Å². The Kier molecular flexibility index (Phi) is 7.59. The molecular formula is C13H20ClNO2. The van der Waals surface area contributed by atoms with E-state index >= 15 is 0 Å². The van der Waals surface area contributed by atoms with E-state index in [0.29, 0.717) is 5.56 Å². The van der Waals surface area contributed by atoms with Gasteiger partial charge in [0.25, 0.3) is 0 Å². The standard InChI is InChI=1S/C13H19NO2.ClH/c1-3-4-9-12(14)10-7-5-6-8-11(10)13(15)16-2;/h5-8,12H,3-4,9,14H2,1-2H3;1H/t12-;/m1./s1. The van der Waals surface area contributed by atoms with Crippen molar-refractivity contribution in [3.63, 3.8) is 0 Å². The van der Waals surface area contributed by atoms with Crippen LogP contribution in [0.5, 0.6) is 0 Å². The molecule has 0 amide bonds. The number of unbranched alkanes of at least 4 members (excludes halogenated alkanes) is 1. The van der Waals surface area contributed by atoms with Crippen molar-refractivity contribution < 1.29 is 9.53 Å². The highest BCUT2D eigenvalue weighted by molar-refractivity contribution is 5.91. The molecule has 0 fully saturated rings. The van der Waals surface area contributed by atoms with Crippen molar-refractivity contribution in [2.75, 3.05) is 7.11 Å². The number of halogens is 1. The van der Waals surface area contributed by atoms with Gasteiger partial charge in [-0.3, -0.25) is 0 Å². The van der Waals surface area contributed by atoms with Crippen molar-refractivity contribution in [2.24, 2.45) is 5.73 Å². The second kappa shape index (κ2) is 8.09. The van der Waals surface area contributed by atoms with Crippen molar-refractivity contribution in [3.8, 4) is 0 Å². The van der Waals surface area contributed by atoms with Gasteiger partial charge in [-0.1, -0.05) is 38.0 Å². The Bertz CT molecular complexity index is 355. The first-order chi connectivity index (χ1) is 7.70. The Labute approximate surface area is 109 Å². The number of benzene rings is 1. The predicted molar refractivity (Wildman–Crippen MR) is 71.5 cm³/mol. The molecule has 0 unspecified atom stereocenters. The van der Waals surface area contributed by atoms with Crippen LogP contribution in [-0.4, -0.2) is 13.1 Å². The van der Waals surface area contributed by atoms with Crippen LogP contribution < -0.4 is 5.73 Å². The fourth-order valence-corrected chi connectivity index (χ4v) is 1.70. The molecule has 1 atom stereocenters.